The van der Waals surface area contributed by atoms with Crippen LogP contribution >= 0.6 is 0 Å². The number of aryl methyl sites for hydroxylation is 1. The van der Waals surface area contributed by atoms with Crippen molar-refractivity contribution in [3.63, 3.8) is 0 Å². The van der Waals surface area contributed by atoms with Crippen LogP contribution in [0.5, 0.6) is 0 Å². The first kappa shape index (κ1) is 16.4. The Bertz CT molecular complexity index is 723. The largest absolute Gasteiger partial charge is 0.452 e. The SMILES string of the molecule is Cc1ccccc1/C=C/C(=O)OCC(=O)Nc1ccc(F)cc1. The maximum Gasteiger partial charge on any atom is 0.331 e. The molecule has 0 aliphatic heterocycles. The highest BCUT2D eigenvalue weighted by Gasteiger charge is 2.06. The van der Waals surface area contributed by atoms with Crippen molar-refractivity contribution in [3.8, 4) is 0 Å². The molecule has 0 fully saturated rings. The summed E-state index contributed by atoms with van der Waals surface area (Å²) in [5, 5.41) is 2.50. The second kappa shape index (κ2) is 7.89. The summed E-state index contributed by atoms with van der Waals surface area (Å²) in [6, 6.07) is 12.9. The third-order valence-corrected chi connectivity index (χ3v) is 3.06. The minimum atomic E-state index is -0.609. The van der Waals surface area contributed by atoms with Gasteiger partial charge in [0.15, 0.2) is 6.61 Å². The summed E-state index contributed by atoms with van der Waals surface area (Å²) >= 11 is 0. The molecule has 1 N–H and O–H groups in total. The summed E-state index contributed by atoms with van der Waals surface area (Å²) in [7, 11) is 0. The fourth-order valence-electron chi connectivity index (χ4n) is 1.85. The molecule has 0 spiro atoms. The second-order valence-electron chi connectivity index (χ2n) is 4.85. The lowest BCUT2D eigenvalue weighted by molar-refractivity contribution is -0.142. The van der Waals surface area contributed by atoms with Gasteiger partial charge in [-0.1, -0.05) is 24.3 Å². The lowest BCUT2D eigenvalue weighted by Crippen LogP contribution is -2.20. The molecule has 0 bridgehead atoms. The molecule has 0 heterocycles. The Balaban J connectivity index is 1.81. The number of carbonyl (C=O) groups excluding carboxylic acids is 2. The van der Waals surface area contributed by atoms with E-state index in [9.17, 15) is 14.0 Å². The predicted octanol–water partition coefficient (Wildman–Crippen LogP) is 3.33. The van der Waals surface area contributed by atoms with Crippen molar-refractivity contribution in [3.05, 3.63) is 71.6 Å². The summed E-state index contributed by atoms with van der Waals surface area (Å²) in [6.07, 6.45) is 2.91. The summed E-state index contributed by atoms with van der Waals surface area (Å²) < 4.78 is 17.6. The van der Waals surface area contributed by atoms with E-state index in [1.807, 2.05) is 31.2 Å². The molecule has 23 heavy (non-hydrogen) atoms. The van der Waals surface area contributed by atoms with E-state index in [0.29, 0.717) is 5.69 Å². The van der Waals surface area contributed by atoms with Gasteiger partial charge in [0.05, 0.1) is 0 Å². The zero-order chi connectivity index (χ0) is 16.7. The van der Waals surface area contributed by atoms with Crippen LogP contribution in [-0.4, -0.2) is 18.5 Å². The van der Waals surface area contributed by atoms with Gasteiger partial charge in [0.2, 0.25) is 0 Å². The van der Waals surface area contributed by atoms with Gasteiger partial charge in [-0.2, -0.15) is 0 Å². The average Bonchev–Trinajstić information content (AvgIpc) is 2.54. The molecule has 5 heteroatoms. The molecule has 2 rings (SSSR count). The van der Waals surface area contributed by atoms with E-state index < -0.39 is 24.3 Å². The number of hydrogen-bond donors (Lipinski definition) is 1. The molecule has 0 unspecified atom stereocenters. The van der Waals surface area contributed by atoms with E-state index in [1.165, 1.54) is 30.3 Å². The molecule has 118 valence electrons. The van der Waals surface area contributed by atoms with Crippen LogP contribution < -0.4 is 5.32 Å². The smallest absolute Gasteiger partial charge is 0.331 e. The molecule has 0 aliphatic carbocycles. The highest BCUT2D eigenvalue weighted by molar-refractivity contribution is 5.94. The van der Waals surface area contributed by atoms with Gasteiger partial charge in [0.1, 0.15) is 5.82 Å². The van der Waals surface area contributed by atoms with Gasteiger partial charge >= 0.3 is 5.97 Å². The van der Waals surface area contributed by atoms with Crippen molar-refractivity contribution in [1.82, 2.24) is 0 Å². The van der Waals surface area contributed by atoms with Gasteiger partial charge in [-0.25, -0.2) is 9.18 Å². The summed E-state index contributed by atoms with van der Waals surface area (Å²) in [6.45, 7) is 1.52. The van der Waals surface area contributed by atoms with E-state index in [0.717, 1.165) is 11.1 Å². The molecular formula is C18H16FNO3. The number of nitrogens with one attached hydrogen (secondary N) is 1. The minimum Gasteiger partial charge on any atom is -0.452 e. The number of benzene rings is 2. The van der Waals surface area contributed by atoms with Crippen molar-refractivity contribution in [1.29, 1.82) is 0 Å². The molecule has 0 saturated heterocycles. The Labute approximate surface area is 133 Å². The van der Waals surface area contributed by atoms with Gasteiger partial charge in [-0.15, -0.1) is 0 Å². The number of ether oxygens (including phenoxy) is 1. The maximum absolute atomic E-state index is 12.7. The molecule has 0 saturated carbocycles. The first-order chi connectivity index (χ1) is 11.0. The van der Waals surface area contributed by atoms with Crippen LogP contribution in [0.15, 0.2) is 54.6 Å². The minimum absolute atomic E-state index is 0.393. The van der Waals surface area contributed by atoms with Gasteiger partial charge < -0.3 is 10.1 Å². The van der Waals surface area contributed by atoms with E-state index in [4.69, 9.17) is 4.74 Å². The fraction of sp³-hybridized carbons (Fsp3) is 0.111. The topological polar surface area (TPSA) is 55.4 Å². The van der Waals surface area contributed by atoms with E-state index >= 15 is 0 Å². The van der Waals surface area contributed by atoms with Gasteiger partial charge in [0, 0.05) is 11.8 Å². The van der Waals surface area contributed by atoms with Crippen LogP contribution in [-0.2, 0) is 14.3 Å². The highest BCUT2D eigenvalue weighted by Crippen LogP contribution is 2.09. The Morgan fingerprint density at radius 1 is 1.13 bits per heavy atom. The summed E-state index contributed by atoms with van der Waals surface area (Å²) in [5.74, 6) is -1.49. The van der Waals surface area contributed by atoms with Crippen LogP contribution in [0, 0.1) is 12.7 Å². The Hall–Kier alpha value is -2.95. The lowest BCUT2D eigenvalue weighted by atomic mass is 10.1. The molecule has 0 radical (unpaired) electrons. The zero-order valence-electron chi connectivity index (χ0n) is 12.6. The van der Waals surface area contributed by atoms with E-state index in [2.05, 4.69) is 5.32 Å². The van der Waals surface area contributed by atoms with Crippen LogP contribution in [0.4, 0.5) is 10.1 Å². The maximum atomic E-state index is 12.7. The van der Waals surface area contributed by atoms with Crippen LogP contribution in [0.2, 0.25) is 0 Å². The third kappa shape index (κ3) is 5.39. The molecule has 4 nitrogen and oxygen atoms in total. The molecular weight excluding hydrogens is 297 g/mol. The standard InChI is InChI=1S/C18H16FNO3/c1-13-4-2-3-5-14(13)6-11-18(22)23-12-17(21)20-16-9-7-15(19)8-10-16/h2-11H,12H2,1H3,(H,20,21)/b11-6+. The summed E-state index contributed by atoms with van der Waals surface area (Å²) in [4.78, 5) is 23.2. The molecule has 0 aliphatic rings. The van der Waals surface area contributed by atoms with Gasteiger partial charge in [0.25, 0.3) is 5.91 Å². The Morgan fingerprint density at radius 3 is 2.52 bits per heavy atom. The number of hydrogen-bond acceptors (Lipinski definition) is 3. The number of esters is 1. The number of carbonyl (C=O) groups is 2. The van der Waals surface area contributed by atoms with Crippen molar-refractivity contribution in [2.24, 2.45) is 0 Å². The molecule has 0 aromatic heterocycles. The molecule has 0 atom stereocenters. The van der Waals surface area contributed by atoms with Gasteiger partial charge in [-0.3, -0.25) is 4.79 Å². The quantitative estimate of drug-likeness (QED) is 0.680. The van der Waals surface area contributed by atoms with Crippen molar-refractivity contribution >= 4 is 23.6 Å². The Morgan fingerprint density at radius 2 is 1.83 bits per heavy atom. The van der Waals surface area contributed by atoms with Crippen molar-refractivity contribution in [2.75, 3.05) is 11.9 Å². The third-order valence-electron chi connectivity index (χ3n) is 3.06. The van der Waals surface area contributed by atoms with Crippen molar-refractivity contribution < 1.29 is 18.7 Å². The number of rotatable bonds is 5. The Kier molecular flexibility index (Phi) is 5.63. The van der Waals surface area contributed by atoms with E-state index in [-0.39, 0.29) is 0 Å². The predicted molar refractivity (Wildman–Crippen MR) is 86.2 cm³/mol. The highest BCUT2D eigenvalue weighted by atomic mass is 19.1. The monoisotopic (exact) mass is 313 g/mol. The van der Waals surface area contributed by atoms with Crippen LogP contribution in [0.1, 0.15) is 11.1 Å². The normalized spacial score (nSPS) is 10.5. The lowest BCUT2D eigenvalue weighted by Gasteiger charge is -2.05. The first-order valence-electron chi connectivity index (χ1n) is 7.00. The average molecular weight is 313 g/mol. The molecule has 2 aromatic rings. The van der Waals surface area contributed by atoms with E-state index in [1.54, 1.807) is 6.08 Å². The van der Waals surface area contributed by atoms with Crippen LogP contribution in [0.3, 0.4) is 0 Å². The summed E-state index contributed by atoms with van der Waals surface area (Å²) in [5.41, 5.74) is 2.37. The van der Waals surface area contributed by atoms with Gasteiger partial charge in [-0.05, 0) is 48.4 Å². The molecule has 2 aromatic carbocycles. The van der Waals surface area contributed by atoms with Crippen molar-refractivity contribution in [2.45, 2.75) is 6.92 Å². The number of halogens is 1. The van der Waals surface area contributed by atoms with Crippen LogP contribution in [0.25, 0.3) is 6.08 Å². The first-order valence-corrected chi connectivity index (χ1v) is 7.00. The zero-order valence-corrected chi connectivity index (χ0v) is 12.6. The number of anilines is 1. The number of amides is 1. The molecule has 1 amide bonds. The fourth-order valence-corrected chi connectivity index (χ4v) is 1.85. The second-order valence-corrected chi connectivity index (χ2v) is 4.85.